The van der Waals surface area contributed by atoms with Crippen LogP contribution < -0.4 is 5.32 Å². The Bertz CT molecular complexity index is 310. The van der Waals surface area contributed by atoms with E-state index >= 15 is 0 Å². The van der Waals surface area contributed by atoms with Crippen molar-refractivity contribution in [3.05, 3.63) is 0 Å². The van der Waals surface area contributed by atoms with Gasteiger partial charge in [0.2, 0.25) is 0 Å². The Morgan fingerprint density at radius 3 is 2.06 bits per heavy atom. The fourth-order valence-corrected chi connectivity index (χ4v) is 1.63. The SMILES string of the molecule is O=C(O)CN(CC(=O)O)C(=O)NC1CCOCC1. The fourth-order valence-electron chi connectivity index (χ4n) is 1.63. The third-order valence-electron chi connectivity index (χ3n) is 2.49. The molecule has 0 saturated carbocycles. The molecule has 3 N–H and O–H groups in total. The minimum Gasteiger partial charge on any atom is -0.480 e. The third kappa shape index (κ3) is 5.00. The van der Waals surface area contributed by atoms with Crippen LogP contribution >= 0.6 is 0 Å². The maximum atomic E-state index is 11.7. The molecule has 1 aliphatic rings. The minimum atomic E-state index is -1.25. The summed E-state index contributed by atoms with van der Waals surface area (Å²) in [6.45, 7) is -0.214. The number of carbonyl (C=O) groups is 3. The molecule has 0 radical (unpaired) electrons. The van der Waals surface area contributed by atoms with Gasteiger partial charge in [0.1, 0.15) is 13.1 Å². The number of carboxylic acids is 2. The number of rotatable bonds is 5. The van der Waals surface area contributed by atoms with E-state index in [9.17, 15) is 14.4 Å². The molecule has 1 heterocycles. The number of hydrogen-bond acceptors (Lipinski definition) is 4. The molecule has 0 aromatic carbocycles. The zero-order chi connectivity index (χ0) is 13.5. The Hall–Kier alpha value is -1.83. The highest BCUT2D eigenvalue weighted by Gasteiger charge is 2.23. The van der Waals surface area contributed by atoms with Gasteiger partial charge < -0.3 is 25.2 Å². The lowest BCUT2D eigenvalue weighted by molar-refractivity contribution is -0.140. The second-order valence-electron chi connectivity index (χ2n) is 3.98. The first kappa shape index (κ1) is 14.2. The van der Waals surface area contributed by atoms with E-state index in [-0.39, 0.29) is 6.04 Å². The molecule has 0 spiro atoms. The molecule has 102 valence electrons. The Morgan fingerprint density at radius 1 is 1.11 bits per heavy atom. The van der Waals surface area contributed by atoms with Crippen molar-refractivity contribution >= 4 is 18.0 Å². The van der Waals surface area contributed by atoms with Crippen LogP contribution in [0.3, 0.4) is 0 Å². The molecule has 0 aliphatic carbocycles. The van der Waals surface area contributed by atoms with Gasteiger partial charge in [0.25, 0.3) is 0 Å². The largest absolute Gasteiger partial charge is 0.480 e. The zero-order valence-corrected chi connectivity index (χ0v) is 9.79. The molecule has 1 saturated heterocycles. The number of nitrogens with one attached hydrogen (secondary N) is 1. The summed E-state index contributed by atoms with van der Waals surface area (Å²) in [4.78, 5) is 33.6. The maximum Gasteiger partial charge on any atom is 0.323 e. The molecule has 8 heteroatoms. The van der Waals surface area contributed by atoms with E-state index in [4.69, 9.17) is 14.9 Å². The summed E-state index contributed by atoms with van der Waals surface area (Å²) in [6, 6.07) is -0.775. The molecule has 0 atom stereocenters. The molecule has 18 heavy (non-hydrogen) atoms. The standard InChI is InChI=1S/C10H16N2O6/c13-8(14)5-12(6-9(15)16)10(17)11-7-1-3-18-4-2-7/h7H,1-6H2,(H,11,17)(H,13,14)(H,15,16). The maximum absolute atomic E-state index is 11.7. The first-order chi connectivity index (χ1) is 8.49. The monoisotopic (exact) mass is 260 g/mol. The van der Waals surface area contributed by atoms with E-state index in [1.165, 1.54) is 0 Å². The van der Waals surface area contributed by atoms with Gasteiger partial charge in [-0.3, -0.25) is 9.59 Å². The van der Waals surface area contributed by atoms with E-state index in [1.807, 2.05) is 0 Å². The first-order valence-electron chi connectivity index (χ1n) is 5.56. The molecule has 1 fully saturated rings. The number of urea groups is 1. The van der Waals surface area contributed by atoms with Gasteiger partial charge in [0.05, 0.1) is 0 Å². The van der Waals surface area contributed by atoms with Gasteiger partial charge in [0.15, 0.2) is 0 Å². The number of ether oxygens (including phenoxy) is 1. The van der Waals surface area contributed by atoms with Gasteiger partial charge in [-0.1, -0.05) is 0 Å². The summed E-state index contributed by atoms with van der Waals surface area (Å²) in [5.74, 6) is -2.50. The van der Waals surface area contributed by atoms with Gasteiger partial charge in [-0.05, 0) is 12.8 Å². The average molecular weight is 260 g/mol. The molecule has 1 rings (SSSR count). The number of carbonyl (C=O) groups excluding carboxylic acids is 1. The van der Waals surface area contributed by atoms with Crippen molar-refractivity contribution in [1.29, 1.82) is 0 Å². The van der Waals surface area contributed by atoms with Crippen molar-refractivity contribution < 1.29 is 29.3 Å². The molecular weight excluding hydrogens is 244 g/mol. The van der Waals surface area contributed by atoms with Crippen LogP contribution in [0.5, 0.6) is 0 Å². The normalized spacial score (nSPS) is 16.0. The van der Waals surface area contributed by atoms with Gasteiger partial charge in [-0.2, -0.15) is 0 Å². The molecule has 8 nitrogen and oxygen atoms in total. The van der Waals surface area contributed by atoms with E-state index in [1.54, 1.807) is 0 Å². The van der Waals surface area contributed by atoms with Crippen molar-refractivity contribution in [2.45, 2.75) is 18.9 Å². The van der Waals surface area contributed by atoms with Crippen LogP contribution in [-0.2, 0) is 14.3 Å². The average Bonchev–Trinajstić information content (AvgIpc) is 2.28. The van der Waals surface area contributed by atoms with Gasteiger partial charge >= 0.3 is 18.0 Å². The molecule has 0 unspecified atom stereocenters. The summed E-state index contributed by atoms with van der Waals surface area (Å²) in [6.07, 6.45) is 1.28. The van der Waals surface area contributed by atoms with Crippen LogP contribution in [0.25, 0.3) is 0 Å². The van der Waals surface area contributed by atoms with Crippen LogP contribution in [0.4, 0.5) is 4.79 Å². The molecule has 0 aromatic rings. The number of carboxylic acid groups (broad SMARTS) is 2. The van der Waals surface area contributed by atoms with Gasteiger partial charge in [0, 0.05) is 19.3 Å². The molecular formula is C10H16N2O6. The summed E-state index contributed by atoms with van der Waals surface area (Å²) in [5, 5.41) is 19.8. The van der Waals surface area contributed by atoms with Crippen molar-refractivity contribution in [2.75, 3.05) is 26.3 Å². The predicted octanol–water partition coefficient (Wildman–Crippen LogP) is -0.654. The van der Waals surface area contributed by atoms with Crippen LogP contribution in [0.1, 0.15) is 12.8 Å². The fraction of sp³-hybridized carbons (Fsp3) is 0.700. The molecule has 0 aromatic heterocycles. The Kier molecular flexibility index (Phi) is 5.37. The summed E-state index contributed by atoms with van der Waals surface area (Å²) in [7, 11) is 0. The number of amides is 2. The van der Waals surface area contributed by atoms with Crippen molar-refractivity contribution in [2.24, 2.45) is 0 Å². The van der Waals surface area contributed by atoms with Crippen molar-refractivity contribution in [3.63, 3.8) is 0 Å². The predicted molar refractivity (Wildman–Crippen MR) is 59.2 cm³/mol. The molecule has 2 amide bonds. The van der Waals surface area contributed by atoms with Crippen molar-refractivity contribution in [1.82, 2.24) is 10.2 Å². The number of nitrogens with zero attached hydrogens (tertiary/aromatic N) is 1. The second-order valence-corrected chi connectivity index (χ2v) is 3.98. The number of aliphatic carboxylic acids is 2. The minimum absolute atomic E-state index is 0.101. The Balaban J connectivity index is 2.51. The smallest absolute Gasteiger partial charge is 0.323 e. The highest BCUT2D eigenvalue weighted by Crippen LogP contribution is 2.06. The third-order valence-corrected chi connectivity index (χ3v) is 2.49. The van der Waals surface area contributed by atoms with Crippen molar-refractivity contribution in [3.8, 4) is 0 Å². The quantitative estimate of drug-likeness (QED) is 0.604. The van der Waals surface area contributed by atoms with Crippen LogP contribution in [0, 0.1) is 0 Å². The topological polar surface area (TPSA) is 116 Å². The highest BCUT2D eigenvalue weighted by molar-refractivity contribution is 5.84. The van der Waals surface area contributed by atoms with Gasteiger partial charge in [-0.25, -0.2) is 4.79 Å². The molecule has 0 bridgehead atoms. The first-order valence-corrected chi connectivity index (χ1v) is 5.56. The zero-order valence-electron chi connectivity index (χ0n) is 9.79. The Morgan fingerprint density at radius 2 is 1.61 bits per heavy atom. The lowest BCUT2D eigenvalue weighted by atomic mass is 10.1. The van der Waals surface area contributed by atoms with E-state index in [0.29, 0.717) is 26.1 Å². The lowest BCUT2D eigenvalue weighted by Gasteiger charge is -2.26. The van der Waals surface area contributed by atoms with E-state index < -0.39 is 31.1 Å². The summed E-state index contributed by atoms with van der Waals surface area (Å²) >= 11 is 0. The summed E-state index contributed by atoms with van der Waals surface area (Å²) < 4.78 is 5.12. The van der Waals surface area contributed by atoms with Crippen LogP contribution in [-0.4, -0.2) is 65.4 Å². The van der Waals surface area contributed by atoms with E-state index in [2.05, 4.69) is 5.32 Å². The van der Waals surface area contributed by atoms with E-state index in [0.717, 1.165) is 4.90 Å². The van der Waals surface area contributed by atoms with Crippen LogP contribution in [0.2, 0.25) is 0 Å². The van der Waals surface area contributed by atoms with Gasteiger partial charge in [-0.15, -0.1) is 0 Å². The Labute approximate surface area is 104 Å². The summed E-state index contributed by atoms with van der Waals surface area (Å²) in [5.41, 5.74) is 0. The highest BCUT2D eigenvalue weighted by atomic mass is 16.5. The lowest BCUT2D eigenvalue weighted by Crippen LogP contribution is -2.49. The van der Waals surface area contributed by atoms with Crippen LogP contribution in [0.15, 0.2) is 0 Å². The molecule has 1 aliphatic heterocycles. The number of hydrogen-bond donors (Lipinski definition) is 3. The second kappa shape index (κ2) is 6.80.